The first-order valence-corrected chi connectivity index (χ1v) is 24.5. The van der Waals surface area contributed by atoms with Crippen LogP contribution in [0.25, 0.3) is 10.4 Å². The van der Waals surface area contributed by atoms with Gasteiger partial charge in [0.25, 0.3) is 10.7 Å². The van der Waals surface area contributed by atoms with Crippen molar-refractivity contribution in [1.82, 2.24) is 9.56 Å². The first-order chi connectivity index (χ1) is 26.5. The molecule has 0 aliphatic heterocycles. The summed E-state index contributed by atoms with van der Waals surface area (Å²) in [6.07, 6.45) is 6.46. The first kappa shape index (κ1) is 46.9. The average Bonchev–Trinajstić information content (AvgIpc) is 3.20. The topological polar surface area (TPSA) is 143 Å². The van der Waals surface area contributed by atoms with Crippen LogP contribution in [0.2, 0.25) is 0 Å². The monoisotopic (exact) mass is 861 g/mol. The van der Waals surface area contributed by atoms with Crippen molar-refractivity contribution in [2.45, 2.75) is 89.8 Å². The average molecular weight is 862 g/mol. The number of benzene rings is 3. The molecule has 0 aromatic heterocycles. The summed E-state index contributed by atoms with van der Waals surface area (Å²) in [6, 6.07) is 22.5. The third-order valence-corrected chi connectivity index (χ3v) is 18.3. The Hall–Kier alpha value is -3.50. The van der Waals surface area contributed by atoms with Gasteiger partial charge in [-0.05, 0) is 101 Å². The van der Waals surface area contributed by atoms with E-state index in [-0.39, 0.29) is 6.16 Å². The second-order valence-electron chi connectivity index (χ2n) is 13.4. The fourth-order valence-electron chi connectivity index (χ4n) is 5.28. The number of hydrogen-bond acceptors (Lipinski definition) is 11. The zero-order valence-corrected chi connectivity index (χ0v) is 38.2. The van der Waals surface area contributed by atoms with Gasteiger partial charge < -0.3 is 23.3 Å². The van der Waals surface area contributed by atoms with Crippen molar-refractivity contribution in [3.05, 3.63) is 99.9 Å². The summed E-state index contributed by atoms with van der Waals surface area (Å²) in [5.74, 6) is 1.96. The molecular formula is C38H54N7O6P3S2+2. The Morgan fingerprint density at radius 3 is 1.48 bits per heavy atom. The molecule has 0 amide bonds. The van der Waals surface area contributed by atoms with E-state index >= 15 is 0 Å². The number of ether oxygens (including phenoxy) is 3. The molecule has 0 aliphatic rings. The highest BCUT2D eigenvalue weighted by Gasteiger charge is 2.46. The fraction of sp³-hybridized carbons (Fsp3) is 0.474. The highest BCUT2D eigenvalue weighted by Crippen LogP contribution is 2.50. The molecule has 0 aliphatic carbocycles. The van der Waals surface area contributed by atoms with Crippen LogP contribution in [0.4, 0.5) is 0 Å². The minimum atomic E-state index is -3.17. The molecule has 0 saturated heterocycles. The molecule has 0 fully saturated rings. The summed E-state index contributed by atoms with van der Waals surface area (Å²) in [7, 11) is 3.31. The molecule has 18 heteroatoms. The van der Waals surface area contributed by atoms with Gasteiger partial charge in [0.2, 0.25) is 0 Å². The van der Waals surface area contributed by atoms with Crippen LogP contribution in [-0.2, 0) is 43.4 Å². The van der Waals surface area contributed by atoms with E-state index in [4.69, 9.17) is 52.4 Å². The molecule has 302 valence electrons. The van der Waals surface area contributed by atoms with Crippen LogP contribution < -0.4 is 14.2 Å². The van der Waals surface area contributed by atoms with Crippen molar-refractivity contribution in [2.75, 3.05) is 28.3 Å². The predicted octanol–water partition coefficient (Wildman–Crippen LogP) is 11.5. The number of azide groups is 1. The Morgan fingerprint density at radius 2 is 1.12 bits per heavy atom. The zero-order chi connectivity index (χ0) is 41.6. The lowest BCUT2D eigenvalue weighted by Crippen LogP contribution is -2.30. The Bertz CT molecular complexity index is 1930. The predicted molar refractivity (Wildman–Crippen MR) is 236 cm³/mol. The molecule has 0 saturated carbocycles. The Morgan fingerprint density at radius 1 is 0.732 bits per heavy atom. The maximum atomic E-state index is 12.5. The highest BCUT2D eigenvalue weighted by molar-refractivity contribution is 8.04. The van der Waals surface area contributed by atoms with Crippen molar-refractivity contribution >= 4 is 57.3 Å². The van der Waals surface area contributed by atoms with E-state index in [0.29, 0.717) is 36.5 Å². The quantitative estimate of drug-likeness (QED) is 0.0226. The molecule has 3 rings (SSSR count). The molecule has 3 aromatic carbocycles. The van der Waals surface area contributed by atoms with Gasteiger partial charge in [0.15, 0.2) is 29.3 Å². The molecule has 13 nitrogen and oxygen atoms in total. The Balaban J connectivity index is 1.61. The zero-order valence-electron chi connectivity index (χ0n) is 33.9. The largest absolute Gasteiger partial charge is 0.481 e. The second-order valence-corrected chi connectivity index (χ2v) is 21.9. The van der Waals surface area contributed by atoms with Gasteiger partial charge in [0.1, 0.15) is 17.2 Å². The SMILES string of the molecule is CCC[C@](C)(N=[N+]=[N-])Oc1ccc(/C=N/N(C)[P+](=S)C(C)(CC)Oc2ccc(/C=N/N(C)[P+](=S)C(C)(CC)Oc3ccc(CP(=O)(OC)OC)cc3)cc2)cc1. The van der Waals surface area contributed by atoms with Crippen LogP contribution in [0.3, 0.4) is 0 Å². The van der Waals surface area contributed by atoms with E-state index in [1.807, 2.05) is 115 Å². The van der Waals surface area contributed by atoms with Crippen LogP contribution in [0.5, 0.6) is 17.2 Å². The van der Waals surface area contributed by atoms with Gasteiger partial charge in [0.05, 0.1) is 32.7 Å². The molecular weight excluding hydrogens is 808 g/mol. The number of rotatable bonds is 23. The normalized spacial score (nSPS) is 15.5. The third-order valence-electron chi connectivity index (χ3n) is 8.99. The summed E-state index contributed by atoms with van der Waals surface area (Å²) in [4.78, 5) is 2.94. The van der Waals surface area contributed by atoms with Gasteiger partial charge >= 0.3 is 21.3 Å². The summed E-state index contributed by atoms with van der Waals surface area (Å²) >= 11 is 12.0. The van der Waals surface area contributed by atoms with Crippen molar-refractivity contribution < 1.29 is 27.8 Å². The van der Waals surface area contributed by atoms with Crippen molar-refractivity contribution in [2.24, 2.45) is 15.3 Å². The van der Waals surface area contributed by atoms with E-state index in [2.05, 4.69) is 27.2 Å². The Kier molecular flexibility index (Phi) is 17.8. The number of hydrogen-bond donors (Lipinski definition) is 0. The van der Waals surface area contributed by atoms with Crippen LogP contribution >= 0.6 is 21.3 Å². The van der Waals surface area contributed by atoms with E-state index in [1.165, 1.54) is 14.2 Å². The fourth-order valence-corrected chi connectivity index (χ4v) is 10.0. The molecule has 0 N–H and O–H groups in total. The van der Waals surface area contributed by atoms with E-state index < -0.39 is 37.7 Å². The lowest BCUT2D eigenvalue weighted by molar-refractivity contribution is 0.0857. The summed E-state index contributed by atoms with van der Waals surface area (Å²) in [5.41, 5.74) is 10.6. The van der Waals surface area contributed by atoms with Gasteiger partial charge in [-0.25, -0.2) is 0 Å². The summed E-state index contributed by atoms with van der Waals surface area (Å²) in [5, 5.41) is 11.8. The van der Waals surface area contributed by atoms with Crippen LogP contribution in [0.1, 0.15) is 83.9 Å². The second kappa shape index (κ2) is 21.3. The minimum absolute atomic E-state index is 0.167. The van der Waals surface area contributed by atoms with E-state index in [9.17, 15) is 4.57 Å². The highest BCUT2D eigenvalue weighted by atomic mass is 32.4. The van der Waals surface area contributed by atoms with E-state index in [0.717, 1.165) is 23.1 Å². The lowest BCUT2D eigenvalue weighted by atomic mass is 10.1. The van der Waals surface area contributed by atoms with Gasteiger partial charge in [-0.1, -0.05) is 39.3 Å². The number of nitrogens with zero attached hydrogens (tertiary/aromatic N) is 7. The molecule has 0 spiro atoms. The smallest absolute Gasteiger partial charge is 0.358 e. The Labute approximate surface area is 343 Å². The molecule has 56 heavy (non-hydrogen) atoms. The molecule has 0 bridgehead atoms. The first-order valence-electron chi connectivity index (χ1n) is 18.1. The van der Waals surface area contributed by atoms with E-state index in [1.54, 1.807) is 28.9 Å². The lowest BCUT2D eigenvalue weighted by Gasteiger charge is -2.25. The summed E-state index contributed by atoms with van der Waals surface area (Å²) < 4.78 is 45.1. The standard InChI is InChI=1S/C38H54N7O6P3S2/c1-11-26-36(4,42-43-39)49-33-20-14-30(15-21-33)27-40-44(7)52(55)37(5,12-2)50-34-22-16-31(17-23-34)28-41-45(8)53(56)38(6,13-3)51-35-24-18-32(19-25-35)29-54(46,47-9)48-10/h14-25,27-28H,11-13,26,29H2,1-10H3/q+2/b40-27+,41-28+/t36-,37?,38?/m1/s1. The van der Waals surface area contributed by atoms with Gasteiger partial charge in [-0.3, -0.25) is 4.57 Å². The molecule has 0 heterocycles. The van der Waals surface area contributed by atoms with Crippen LogP contribution in [0, 0.1) is 0 Å². The molecule has 0 radical (unpaired) electrons. The van der Waals surface area contributed by atoms with Crippen LogP contribution in [0.15, 0.2) is 88.1 Å². The van der Waals surface area contributed by atoms with Crippen LogP contribution in [-0.4, -0.2) is 66.7 Å². The van der Waals surface area contributed by atoms with Gasteiger partial charge in [0, 0.05) is 45.8 Å². The maximum absolute atomic E-state index is 12.5. The van der Waals surface area contributed by atoms with Gasteiger partial charge in [-0.2, -0.15) is 0 Å². The van der Waals surface area contributed by atoms with Crippen molar-refractivity contribution in [3.8, 4) is 17.2 Å². The third kappa shape index (κ3) is 13.3. The van der Waals surface area contributed by atoms with Gasteiger partial charge in [-0.15, -0.1) is 19.8 Å². The number of hydrazone groups is 2. The van der Waals surface area contributed by atoms with Crippen molar-refractivity contribution in [3.63, 3.8) is 0 Å². The minimum Gasteiger partial charge on any atom is -0.481 e. The van der Waals surface area contributed by atoms with Crippen molar-refractivity contribution in [1.29, 1.82) is 0 Å². The molecule has 4 unspecified atom stereocenters. The molecule has 3 aromatic rings. The summed E-state index contributed by atoms with van der Waals surface area (Å²) in [6.45, 7) is 9.36. The maximum Gasteiger partial charge on any atom is 0.358 e. The molecule has 5 atom stereocenters.